The molecular weight excluding hydrogens is 216 g/mol. The molecule has 0 bridgehead atoms. The molecule has 0 aliphatic carbocycles. The summed E-state index contributed by atoms with van der Waals surface area (Å²) in [6.45, 7) is 10.5. The van der Waals surface area contributed by atoms with Gasteiger partial charge in [0.2, 0.25) is 0 Å². The summed E-state index contributed by atoms with van der Waals surface area (Å²) in [6, 6.07) is 4.39. The van der Waals surface area contributed by atoms with Crippen molar-refractivity contribution in [2.45, 2.75) is 20.4 Å². The van der Waals surface area contributed by atoms with E-state index in [9.17, 15) is 0 Å². The maximum Gasteiger partial charge on any atom is 0.0327 e. The highest BCUT2D eigenvalue weighted by atomic mass is 32.1. The molecule has 0 unspecified atom stereocenters. The number of rotatable bonds is 5. The van der Waals surface area contributed by atoms with Gasteiger partial charge in [-0.15, -0.1) is 11.3 Å². The first-order valence-electron chi connectivity index (χ1n) is 6.25. The molecule has 0 radical (unpaired) electrons. The molecule has 2 atom stereocenters. The smallest absolute Gasteiger partial charge is 0.0327 e. The number of thiophene rings is 1. The summed E-state index contributed by atoms with van der Waals surface area (Å²) < 4.78 is 0. The van der Waals surface area contributed by atoms with Crippen molar-refractivity contribution in [3.8, 4) is 0 Å². The van der Waals surface area contributed by atoms with Crippen LogP contribution in [0.1, 0.15) is 18.7 Å². The van der Waals surface area contributed by atoms with Crippen molar-refractivity contribution in [1.29, 1.82) is 0 Å². The van der Waals surface area contributed by atoms with E-state index in [2.05, 4.69) is 41.6 Å². The standard InChI is InChI=1S/C13H22N2S/c1-3-15(10-13-5-4-6-16-13)9-12-8-14-7-11(12)2/h4-6,11-12,14H,3,7-10H2,1-2H3/t11-,12+/m1/s1. The van der Waals surface area contributed by atoms with E-state index in [4.69, 9.17) is 0 Å². The summed E-state index contributed by atoms with van der Waals surface area (Å²) in [7, 11) is 0. The molecule has 16 heavy (non-hydrogen) atoms. The third kappa shape index (κ3) is 3.06. The molecule has 0 aromatic carbocycles. The zero-order valence-corrected chi connectivity index (χ0v) is 11.1. The summed E-state index contributed by atoms with van der Waals surface area (Å²) in [5.41, 5.74) is 0. The monoisotopic (exact) mass is 238 g/mol. The van der Waals surface area contributed by atoms with Crippen LogP contribution in [0.15, 0.2) is 17.5 Å². The van der Waals surface area contributed by atoms with E-state index in [0.717, 1.165) is 24.9 Å². The van der Waals surface area contributed by atoms with Gasteiger partial charge in [0.05, 0.1) is 0 Å². The Bertz CT molecular complexity index is 297. The van der Waals surface area contributed by atoms with E-state index in [1.54, 1.807) is 0 Å². The predicted octanol–water partition coefficient (Wildman–Crippen LogP) is 2.43. The minimum absolute atomic E-state index is 0.831. The minimum atomic E-state index is 0.831. The highest BCUT2D eigenvalue weighted by molar-refractivity contribution is 7.09. The lowest BCUT2D eigenvalue weighted by Crippen LogP contribution is -2.31. The van der Waals surface area contributed by atoms with Crippen LogP contribution in [0.3, 0.4) is 0 Å². The van der Waals surface area contributed by atoms with Crippen molar-refractivity contribution in [1.82, 2.24) is 10.2 Å². The quantitative estimate of drug-likeness (QED) is 0.847. The molecule has 2 heterocycles. The van der Waals surface area contributed by atoms with Crippen molar-refractivity contribution in [2.75, 3.05) is 26.2 Å². The molecule has 3 heteroatoms. The fourth-order valence-corrected chi connectivity index (χ4v) is 3.11. The van der Waals surface area contributed by atoms with Gasteiger partial charge in [-0.3, -0.25) is 4.90 Å². The molecular formula is C13H22N2S. The van der Waals surface area contributed by atoms with Crippen LogP contribution in [-0.2, 0) is 6.54 Å². The van der Waals surface area contributed by atoms with Gasteiger partial charge in [0.25, 0.3) is 0 Å². The fourth-order valence-electron chi connectivity index (χ4n) is 2.37. The average Bonchev–Trinajstić information content (AvgIpc) is 2.90. The van der Waals surface area contributed by atoms with Crippen molar-refractivity contribution in [3.63, 3.8) is 0 Å². The predicted molar refractivity (Wildman–Crippen MR) is 70.8 cm³/mol. The van der Waals surface area contributed by atoms with E-state index in [-0.39, 0.29) is 0 Å². The number of hydrogen-bond acceptors (Lipinski definition) is 3. The third-order valence-electron chi connectivity index (χ3n) is 3.58. The Morgan fingerprint density at radius 3 is 2.94 bits per heavy atom. The molecule has 1 aliphatic rings. The van der Waals surface area contributed by atoms with Gasteiger partial charge < -0.3 is 5.32 Å². The van der Waals surface area contributed by atoms with E-state index in [1.807, 2.05) is 11.3 Å². The van der Waals surface area contributed by atoms with Gasteiger partial charge in [0.15, 0.2) is 0 Å². The Hall–Kier alpha value is -0.380. The molecule has 0 spiro atoms. The minimum Gasteiger partial charge on any atom is -0.316 e. The van der Waals surface area contributed by atoms with Crippen molar-refractivity contribution in [3.05, 3.63) is 22.4 Å². The molecule has 90 valence electrons. The van der Waals surface area contributed by atoms with Crippen molar-refractivity contribution >= 4 is 11.3 Å². The molecule has 1 aromatic heterocycles. The van der Waals surface area contributed by atoms with Gasteiger partial charge in [-0.2, -0.15) is 0 Å². The van der Waals surface area contributed by atoms with Crippen LogP contribution in [0.5, 0.6) is 0 Å². The average molecular weight is 238 g/mol. The van der Waals surface area contributed by atoms with Gasteiger partial charge in [-0.25, -0.2) is 0 Å². The Balaban J connectivity index is 1.85. The zero-order chi connectivity index (χ0) is 11.4. The third-order valence-corrected chi connectivity index (χ3v) is 4.44. The topological polar surface area (TPSA) is 15.3 Å². The number of hydrogen-bond donors (Lipinski definition) is 1. The molecule has 2 rings (SSSR count). The highest BCUT2D eigenvalue weighted by Crippen LogP contribution is 2.19. The van der Waals surface area contributed by atoms with E-state index < -0.39 is 0 Å². The lowest BCUT2D eigenvalue weighted by Gasteiger charge is -2.25. The number of nitrogens with zero attached hydrogens (tertiary/aromatic N) is 1. The van der Waals surface area contributed by atoms with Gasteiger partial charge in [-0.1, -0.05) is 19.9 Å². The van der Waals surface area contributed by atoms with Gasteiger partial charge in [0.1, 0.15) is 0 Å². The Labute approximate surface area is 103 Å². The second kappa shape index (κ2) is 5.80. The first kappa shape index (κ1) is 12.1. The maximum atomic E-state index is 3.49. The molecule has 1 saturated heterocycles. The van der Waals surface area contributed by atoms with Crippen molar-refractivity contribution < 1.29 is 0 Å². The molecule has 1 N–H and O–H groups in total. The van der Waals surface area contributed by atoms with E-state index >= 15 is 0 Å². The van der Waals surface area contributed by atoms with Crippen LogP contribution in [0.25, 0.3) is 0 Å². The SMILES string of the molecule is CCN(Cc1cccs1)C[C@@H]1CNC[C@H]1C. The highest BCUT2D eigenvalue weighted by Gasteiger charge is 2.24. The van der Waals surface area contributed by atoms with Crippen LogP contribution in [0.4, 0.5) is 0 Å². The lowest BCUT2D eigenvalue weighted by molar-refractivity contribution is 0.222. The van der Waals surface area contributed by atoms with E-state index in [1.165, 1.54) is 24.5 Å². The van der Waals surface area contributed by atoms with E-state index in [0.29, 0.717) is 0 Å². The molecule has 0 amide bonds. The van der Waals surface area contributed by atoms with Crippen LogP contribution in [0, 0.1) is 11.8 Å². The Morgan fingerprint density at radius 2 is 2.38 bits per heavy atom. The molecule has 1 aromatic rings. The molecule has 2 nitrogen and oxygen atoms in total. The normalized spacial score (nSPS) is 25.4. The number of nitrogens with one attached hydrogen (secondary N) is 1. The van der Waals surface area contributed by atoms with Crippen LogP contribution < -0.4 is 5.32 Å². The fraction of sp³-hybridized carbons (Fsp3) is 0.692. The maximum absolute atomic E-state index is 3.49. The summed E-state index contributed by atoms with van der Waals surface area (Å²) in [4.78, 5) is 4.06. The molecule has 1 fully saturated rings. The summed E-state index contributed by atoms with van der Waals surface area (Å²) in [6.07, 6.45) is 0. The second-order valence-corrected chi connectivity index (χ2v) is 5.83. The summed E-state index contributed by atoms with van der Waals surface area (Å²) in [5.74, 6) is 1.66. The summed E-state index contributed by atoms with van der Waals surface area (Å²) in [5, 5.41) is 5.66. The Kier molecular flexibility index (Phi) is 4.38. The van der Waals surface area contributed by atoms with Crippen molar-refractivity contribution in [2.24, 2.45) is 11.8 Å². The van der Waals surface area contributed by atoms with Crippen LogP contribution in [0.2, 0.25) is 0 Å². The van der Waals surface area contributed by atoms with Gasteiger partial charge in [-0.05, 0) is 42.9 Å². The summed E-state index contributed by atoms with van der Waals surface area (Å²) >= 11 is 1.87. The van der Waals surface area contributed by atoms with Crippen LogP contribution in [-0.4, -0.2) is 31.1 Å². The second-order valence-electron chi connectivity index (χ2n) is 4.80. The molecule has 0 saturated carbocycles. The van der Waals surface area contributed by atoms with Gasteiger partial charge >= 0.3 is 0 Å². The van der Waals surface area contributed by atoms with Gasteiger partial charge in [0, 0.05) is 18.0 Å². The Morgan fingerprint density at radius 1 is 1.50 bits per heavy atom. The van der Waals surface area contributed by atoms with Crippen LogP contribution >= 0.6 is 11.3 Å². The first-order valence-corrected chi connectivity index (χ1v) is 7.13. The zero-order valence-electron chi connectivity index (χ0n) is 10.3. The first-order chi connectivity index (χ1) is 7.79. The lowest BCUT2D eigenvalue weighted by atomic mass is 9.97. The molecule has 1 aliphatic heterocycles. The largest absolute Gasteiger partial charge is 0.316 e.